The van der Waals surface area contributed by atoms with Gasteiger partial charge in [0.1, 0.15) is 5.65 Å². The summed E-state index contributed by atoms with van der Waals surface area (Å²) in [7, 11) is 0. The third kappa shape index (κ3) is 3.74. The van der Waals surface area contributed by atoms with Crippen LogP contribution in [0.4, 0.5) is 0 Å². The first-order valence-corrected chi connectivity index (χ1v) is 6.68. The van der Waals surface area contributed by atoms with Crippen molar-refractivity contribution in [2.24, 2.45) is 0 Å². The fraction of sp³-hybridized carbons (Fsp3) is 0.500. The third-order valence-electron chi connectivity index (χ3n) is 2.88. The first-order valence-electron chi connectivity index (χ1n) is 6.68. The zero-order valence-corrected chi connectivity index (χ0v) is 10.9. The molecule has 98 valence electrons. The molecule has 0 aliphatic carbocycles. The van der Waals surface area contributed by atoms with E-state index >= 15 is 0 Å². The number of unbranched alkanes of at least 4 members (excludes halogenated alkanes) is 2. The summed E-state index contributed by atoms with van der Waals surface area (Å²) >= 11 is 0. The molecule has 2 aromatic rings. The zero-order chi connectivity index (χ0) is 12.6. The normalized spacial score (nSPS) is 10.9. The molecule has 0 aromatic carbocycles. The highest BCUT2D eigenvalue weighted by Gasteiger charge is 1.99. The zero-order valence-electron chi connectivity index (χ0n) is 10.9. The fourth-order valence-corrected chi connectivity index (χ4v) is 1.88. The lowest BCUT2D eigenvalue weighted by molar-refractivity contribution is 0.294. The van der Waals surface area contributed by atoms with Gasteiger partial charge >= 0.3 is 0 Å². The molecule has 0 atom stereocenters. The van der Waals surface area contributed by atoms with E-state index in [0.717, 1.165) is 37.2 Å². The molecule has 4 nitrogen and oxygen atoms in total. The lowest BCUT2D eigenvalue weighted by Crippen LogP contribution is -2.14. The molecule has 0 radical (unpaired) electrons. The number of hydrogen-bond donors (Lipinski definition) is 2. The number of aromatic amines is 1. The SMILES string of the molecule is CCNCCCCCOc1ccc2cc[nH]c2n1. The van der Waals surface area contributed by atoms with Crippen LogP contribution in [0.1, 0.15) is 26.2 Å². The second kappa shape index (κ2) is 7.01. The standard InChI is InChI=1S/C14H21N3O/c1-2-15-9-4-3-5-11-18-13-7-6-12-8-10-16-14(12)17-13/h6-8,10,15H,2-5,9,11H2,1H3,(H,16,17). The Balaban J connectivity index is 1.67. The molecule has 0 unspecified atom stereocenters. The van der Waals surface area contributed by atoms with Crippen molar-refractivity contribution in [3.05, 3.63) is 24.4 Å². The Labute approximate surface area is 108 Å². The van der Waals surface area contributed by atoms with E-state index in [9.17, 15) is 0 Å². The molecule has 0 spiro atoms. The Morgan fingerprint density at radius 2 is 2.17 bits per heavy atom. The lowest BCUT2D eigenvalue weighted by Gasteiger charge is -2.05. The van der Waals surface area contributed by atoms with Crippen LogP contribution in [0.3, 0.4) is 0 Å². The Morgan fingerprint density at radius 1 is 1.22 bits per heavy atom. The third-order valence-corrected chi connectivity index (χ3v) is 2.88. The van der Waals surface area contributed by atoms with Crippen molar-refractivity contribution in [1.82, 2.24) is 15.3 Å². The van der Waals surface area contributed by atoms with Gasteiger partial charge in [-0.05, 0) is 44.5 Å². The molecule has 2 aromatic heterocycles. The van der Waals surface area contributed by atoms with E-state index in [1.807, 2.05) is 24.4 Å². The van der Waals surface area contributed by atoms with Crippen molar-refractivity contribution in [3.63, 3.8) is 0 Å². The van der Waals surface area contributed by atoms with E-state index in [2.05, 4.69) is 22.2 Å². The van der Waals surface area contributed by atoms with Gasteiger partial charge in [0.2, 0.25) is 5.88 Å². The number of fused-ring (bicyclic) bond motifs is 1. The molecule has 0 aliphatic rings. The summed E-state index contributed by atoms with van der Waals surface area (Å²) in [5.41, 5.74) is 0.889. The molecule has 0 saturated carbocycles. The van der Waals surface area contributed by atoms with Gasteiger partial charge in [-0.25, -0.2) is 0 Å². The average Bonchev–Trinajstić information content (AvgIpc) is 2.85. The Kier molecular flexibility index (Phi) is 5.02. The van der Waals surface area contributed by atoms with Crippen LogP contribution in [0, 0.1) is 0 Å². The van der Waals surface area contributed by atoms with Gasteiger partial charge in [-0.1, -0.05) is 6.92 Å². The molecule has 18 heavy (non-hydrogen) atoms. The van der Waals surface area contributed by atoms with Crippen molar-refractivity contribution in [1.29, 1.82) is 0 Å². The fourth-order valence-electron chi connectivity index (χ4n) is 1.88. The maximum absolute atomic E-state index is 5.64. The number of ether oxygens (including phenoxy) is 1. The highest BCUT2D eigenvalue weighted by atomic mass is 16.5. The van der Waals surface area contributed by atoms with Gasteiger partial charge in [0, 0.05) is 17.6 Å². The molecule has 4 heteroatoms. The van der Waals surface area contributed by atoms with E-state index in [0.29, 0.717) is 5.88 Å². The number of aromatic nitrogens is 2. The minimum absolute atomic E-state index is 0.705. The van der Waals surface area contributed by atoms with Gasteiger partial charge in [-0.15, -0.1) is 0 Å². The molecular weight excluding hydrogens is 226 g/mol. The molecule has 2 rings (SSSR count). The van der Waals surface area contributed by atoms with Crippen molar-refractivity contribution in [3.8, 4) is 5.88 Å². The highest BCUT2D eigenvalue weighted by molar-refractivity contribution is 5.75. The van der Waals surface area contributed by atoms with Gasteiger partial charge in [-0.2, -0.15) is 4.98 Å². The average molecular weight is 247 g/mol. The second-order valence-corrected chi connectivity index (χ2v) is 4.33. The van der Waals surface area contributed by atoms with E-state index in [4.69, 9.17) is 4.74 Å². The summed E-state index contributed by atoms with van der Waals surface area (Å²) < 4.78 is 5.64. The summed E-state index contributed by atoms with van der Waals surface area (Å²) in [6, 6.07) is 5.96. The molecule has 0 bridgehead atoms. The maximum atomic E-state index is 5.64. The van der Waals surface area contributed by atoms with Gasteiger partial charge in [0.05, 0.1) is 6.61 Å². The molecule has 0 fully saturated rings. The van der Waals surface area contributed by atoms with Gasteiger partial charge in [0.15, 0.2) is 0 Å². The molecular formula is C14H21N3O. The van der Waals surface area contributed by atoms with Crippen molar-refractivity contribution in [2.75, 3.05) is 19.7 Å². The number of hydrogen-bond acceptors (Lipinski definition) is 3. The first kappa shape index (κ1) is 12.9. The number of rotatable bonds is 8. The Hall–Kier alpha value is -1.55. The smallest absolute Gasteiger partial charge is 0.215 e. The number of nitrogens with zero attached hydrogens (tertiary/aromatic N) is 1. The highest BCUT2D eigenvalue weighted by Crippen LogP contribution is 2.15. The van der Waals surface area contributed by atoms with E-state index in [-0.39, 0.29) is 0 Å². The summed E-state index contributed by atoms with van der Waals surface area (Å²) in [5, 5.41) is 4.44. The van der Waals surface area contributed by atoms with Gasteiger partial charge in [-0.3, -0.25) is 0 Å². The van der Waals surface area contributed by atoms with Crippen LogP contribution in [0.2, 0.25) is 0 Å². The first-order chi connectivity index (χ1) is 8.90. The molecule has 0 aliphatic heterocycles. The molecule has 0 saturated heterocycles. The van der Waals surface area contributed by atoms with Crippen molar-refractivity contribution >= 4 is 11.0 Å². The summed E-state index contributed by atoms with van der Waals surface area (Å²) in [4.78, 5) is 7.48. The topological polar surface area (TPSA) is 49.9 Å². The van der Waals surface area contributed by atoms with Gasteiger partial charge < -0.3 is 15.0 Å². The summed E-state index contributed by atoms with van der Waals surface area (Å²) in [6.45, 7) is 5.02. The van der Waals surface area contributed by atoms with Crippen molar-refractivity contribution in [2.45, 2.75) is 26.2 Å². The largest absolute Gasteiger partial charge is 0.478 e. The Morgan fingerprint density at radius 3 is 3.06 bits per heavy atom. The van der Waals surface area contributed by atoms with Crippen LogP contribution in [-0.2, 0) is 0 Å². The predicted octanol–water partition coefficient (Wildman–Crippen LogP) is 2.72. The van der Waals surface area contributed by atoms with Crippen LogP contribution < -0.4 is 10.1 Å². The predicted molar refractivity (Wildman–Crippen MR) is 74.0 cm³/mol. The minimum Gasteiger partial charge on any atom is -0.478 e. The van der Waals surface area contributed by atoms with E-state index in [1.54, 1.807) is 0 Å². The summed E-state index contributed by atoms with van der Waals surface area (Å²) in [5.74, 6) is 0.705. The van der Waals surface area contributed by atoms with Crippen LogP contribution in [0.15, 0.2) is 24.4 Å². The van der Waals surface area contributed by atoms with E-state index < -0.39 is 0 Å². The number of H-pyrrole nitrogens is 1. The number of nitrogens with one attached hydrogen (secondary N) is 2. The number of pyridine rings is 1. The van der Waals surface area contributed by atoms with Crippen LogP contribution in [0.5, 0.6) is 5.88 Å². The maximum Gasteiger partial charge on any atom is 0.215 e. The van der Waals surface area contributed by atoms with Crippen molar-refractivity contribution < 1.29 is 4.74 Å². The molecule has 2 N–H and O–H groups in total. The second-order valence-electron chi connectivity index (χ2n) is 4.33. The monoisotopic (exact) mass is 247 g/mol. The Bertz CT molecular complexity index is 467. The van der Waals surface area contributed by atoms with Gasteiger partial charge in [0.25, 0.3) is 0 Å². The van der Waals surface area contributed by atoms with E-state index in [1.165, 1.54) is 12.8 Å². The van der Waals surface area contributed by atoms with Crippen LogP contribution >= 0.6 is 0 Å². The van der Waals surface area contributed by atoms with Crippen LogP contribution in [-0.4, -0.2) is 29.7 Å². The molecule has 0 amide bonds. The lowest BCUT2D eigenvalue weighted by atomic mass is 10.2. The quantitative estimate of drug-likeness (QED) is 0.705. The van der Waals surface area contributed by atoms with Crippen LogP contribution in [0.25, 0.3) is 11.0 Å². The summed E-state index contributed by atoms with van der Waals surface area (Å²) in [6.07, 6.45) is 5.37. The minimum atomic E-state index is 0.705. The molecule has 2 heterocycles.